The van der Waals surface area contributed by atoms with E-state index in [0.29, 0.717) is 17.4 Å². The fourth-order valence-corrected chi connectivity index (χ4v) is 1.11. The van der Waals surface area contributed by atoms with Crippen LogP contribution in [-0.2, 0) is 0 Å². The first-order valence-electron chi connectivity index (χ1n) is 4.56. The van der Waals surface area contributed by atoms with Gasteiger partial charge in [-0.1, -0.05) is 24.6 Å². The van der Waals surface area contributed by atoms with Gasteiger partial charge in [0, 0.05) is 6.54 Å². The van der Waals surface area contributed by atoms with Crippen molar-refractivity contribution in [2.75, 3.05) is 6.54 Å². The molecule has 76 valence electrons. The maximum absolute atomic E-state index is 11.4. The number of hydrogen-bond donors (Lipinski definition) is 1. The molecular formula is C10H13ClN2O. The highest BCUT2D eigenvalue weighted by atomic mass is 35.5. The minimum absolute atomic E-state index is 0.172. The largest absolute Gasteiger partial charge is 0.351 e. The van der Waals surface area contributed by atoms with Crippen LogP contribution < -0.4 is 5.32 Å². The van der Waals surface area contributed by atoms with Gasteiger partial charge in [-0.15, -0.1) is 0 Å². The number of nitrogens with one attached hydrogen (secondary N) is 1. The van der Waals surface area contributed by atoms with Crippen LogP contribution in [0, 0.1) is 6.92 Å². The number of halogens is 1. The SMILES string of the molecule is CCCNC(=O)c1ccc(C)c(Cl)n1. The van der Waals surface area contributed by atoms with Gasteiger partial charge in [0.1, 0.15) is 10.8 Å². The van der Waals surface area contributed by atoms with Crippen molar-refractivity contribution >= 4 is 17.5 Å². The van der Waals surface area contributed by atoms with Gasteiger partial charge < -0.3 is 5.32 Å². The first kappa shape index (κ1) is 11.0. The van der Waals surface area contributed by atoms with Gasteiger partial charge in [0.2, 0.25) is 0 Å². The summed E-state index contributed by atoms with van der Waals surface area (Å²) >= 11 is 5.80. The monoisotopic (exact) mass is 212 g/mol. The third kappa shape index (κ3) is 2.70. The third-order valence-electron chi connectivity index (χ3n) is 1.80. The number of aryl methyl sites for hydroxylation is 1. The summed E-state index contributed by atoms with van der Waals surface area (Å²) < 4.78 is 0. The molecule has 0 aliphatic rings. The number of rotatable bonds is 3. The molecule has 0 spiro atoms. The van der Waals surface area contributed by atoms with Gasteiger partial charge in [-0.05, 0) is 25.0 Å². The Morgan fingerprint density at radius 1 is 1.57 bits per heavy atom. The quantitative estimate of drug-likeness (QED) is 0.781. The zero-order valence-electron chi connectivity index (χ0n) is 8.30. The second-order valence-corrected chi connectivity index (χ2v) is 3.42. The Balaban J connectivity index is 2.76. The molecule has 1 aromatic heterocycles. The fourth-order valence-electron chi connectivity index (χ4n) is 0.959. The lowest BCUT2D eigenvalue weighted by Gasteiger charge is -2.03. The van der Waals surface area contributed by atoms with E-state index in [2.05, 4.69) is 10.3 Å². The number of carbonyl (C=O) groups excluding carboxylic acids is 1. The molecule has 0 aliphatic carbocycles. The lowest BCUT2D eigenvalue weighted by molar-refractivity contribution is 0.0948. The van der Waals surface area contributed by atoms with Crippen molar-refractivity contribution < 1.29 is 4.79 Å². The topological polar surface area (TPSA) is 42.0 Å². The van der Waals surface area contributed by atoms with Gasteiger partial charge in [0.05, 0.1) is 0 Å². The molecular weight excluding hydrogens is 200 g/mol. The number of pyridine rings is 1. The van der Waals surface area contributed by atoms with Crippen LogP contribution in [0.2, 0.25) is 5.15 Å². The van der Waals surface area contributed by atoms with E-state index in [9.17, 15) is 4.79 Å². The Morgan fingerprint density at radius 2 is 2.29 bits per heavy atom. The van der Waals surface area contributed by atoms with E-state index >= 15 is 0 Å². The van der Waals surface area contributed by atoms with E-state index in [1.54, 1.807) is 12.1 Å². The Labute approximate surface area is 88.5 Å². The van der Waals surface area contributed by atoms with Crippen molar-refractivity contribution in [1.82, 2.24) is 10.3 Å². The van der Waals surface area contributed by atoms with Crippen LogP contribution in [0.1, 0.15) is 29.4 Å². The van der Waals surface area contributed by atoms with Crippen LogP contribution in [0.5, 0.6) is 0 Å². The fraction of sp³-hybridized carbons (Fsp3) is 0.400. The van der Waals surface area contributed by atoms with Crippen LogP contribution in [-0.4, -0.2) is 17.4 Å². The van der Waals surface area contributed by atoms with E-state index in [1.807, 2.05) is 13.8 Å². The molecule has 4 heteroatoms. The normalized spacial score (nSPS) is 9.93. The Morgan fingerprint density at radius 3 is 2.86 bits per heavy atom. The number of amides is 1. The highest BCUT2D eigenvalue weighted by Gasteiger charge is 2.07. The highest BCUT2D eigenvalue weighted by Crippen LogP contribution is 2.11. The van der Waals surface area contributed by atoms with Crippen molar-refractivity contribution in [2.45, 2.75) is 20.3 Å². The molecule has 14 heavy (non-hydrogen) atoms. The average Bonchev–Trinajstić information content (AvgIpc) is 2.18. The summed E-state index contributed by atoms with van der Waals surface area (Å²) in [6.45, 7) is 4.50. The van der Waals surface area contributed by atoms with Crippen LogP contribution in [0.3, 0.4) is 0 Å². The van der Waals surface area contributed by atoms with Crippen LogP contribution >= 0.6 is 11.6 Å². The molecule has 1 aromatic rings. The third-order valence-corrected chi connectivity index (χ3v) is 2.19. The summed E-state index contributed by atoms with van der Waals surface area (Å²) in [4.78, 5) is 15.4. The minimum atomic E-state index is -0.172. The van der Waals surface area contributed by atoms with Gasteiger partial charge in [-0.2, -0.15) is 0 Å². The van der Waals surface area contributed by atoms with E-state index < -0.39 is 0 Å². The summed E-state index contributed by atoms with van der Waals surface area (Å²) in [5.41, 5.74) is 1.24. The van der Waals surface area contributed by atoms with Crippen LogP contribution in [0.4, 0.5) is 0 Å². The van der Waals surface area contributed by atoms with Gasteiger partial charge in [-0.25, -0.2) is 4.98 Å². The van der Waals surface area contributed by atoms with E-state index in [-0.39, 0.29) is 5.91 Å². The first-order chi connectivity index (χ1) is 6.65. The van der Waals surface area contributed by atoms with Crippen LogP contribution in [0.15, 0.2) is 12.1 Å². The molecule has 3 nitrogen and oxygen atoms in total. The van der Waals surface area contributed by atoms with Crippen molar-refractivity contribution in [1.29, 1.82) is 0 Å². The molecule has 1 heterocycles. The zero-order valence-corrected chi connectivity index (χ0v) is 9.06. The Kier molecular flexibility index (Phi) is 3.89. The molecule has 0 atom stereocenters. The maximum Gasteiger partial charge on any atom is 0.269 e. The number of nitrogens with zero attached hydrogens (tertiary/aromatic N) is 1. The van der Waals surface area contributed by atoms with Gasteiger partial charge in [0.25, 0.3) is 5.91 Å². The summed E-state index contributed by atoms with van der Waals surface area (Å²) in [6.07, 6.45) is 0.908. The van der Waals surface area contributed by atoms with Crippen LogP contribution in [0.25, 0.3) is 0 Å². The van der Waals surface area contributed by atoms with E-state index in [0.717, 1.165) is 12.0 Å². The van der Waals surface area contributed by atoms with Crippen molar-refractivity contribution in [2.24, 2.45) is 0 Å². The molecule has 0 saturated carbocycles. The number of hydrogen-bond acceptors (Lipinski definition) is 2. The highest BCUT2D eigenvalue weighted by molar-refractivity contribution is 6.30. The smallest absolute Gasteiger partial charge is 0.269 e. The molecule has 0 aliphatic heterocycles. The second kappa shape index (κ2) is 4.96. The summed E-state index contributed by atoms with van der Waals surface area (Å²) in [6, 6.07) is 3.46. The lowest BCUT2D eigenvalue weighted by atomic mass is 10.2. The standard InChI is InChI=1S/C10H13ClN2O/c1-3-6-12-10(14)8-5-4-7(2)9(11)13-8/h4-5H,3,6H2,1-2H3,(H,12,14). The van der Waals surface area contributed by atoms with Gasteiger partial charge >= 0.3 is 0 Å². The molecule has 0 bridgehead atoms. The number of aromatic nitrogens is 1. The molecule has 0 saturated heterocycles. The average molecular weight is 213 g/mol. The molecule has 0 fully saturated rings. The molecule has 1 N–H and O–H groups in total. The first-order valence-corrected chi connectivity index (χ1v) is 4.94. The zero-order chi connectivity index (χ0) is 10.6. The van der Waals surface area contributed by atoms with Crippen molar-refractivity contribution in [3.63, 3.8) is 0 Å². The van der Waals surface area contributed by atoms with Gasteiger partial charge in [0.15, 0.2) is 0 Å². The second-order valence-electron chi connectivity index (χ2n) is 3.06. The summed E-state index contributed by atoms with van der Waals surface area (Å²) in [5.74, 6) is -0.172. The lowest BCUT2D eigenvalue weighted by Crippen LogP contribution is -2.24. The minimum Gasteiger partial charge on any atom is -0.351 e. The number of carbonyl (C=O) groups is 1. The van der Waals surface area contributed by atoms with E-state index in [4.69, 9.17) is 11.6 Å². The van der Waals surface area contributed by atoms with Crippen molar-refractivity contribution in [3.05, 3.63) is 28.5 Å². The van der Waals surface area contributed by atoms with E-state index in [1.165, 1.54) is 0 Å². The molecule has 1 amide bonds. The molecule has 1 rings (SSSR count). The predicted octanol–water partition coefficient (Wildman–Crippen LogP) is 2.18. The van der Waals surface area contributed by atoms with Crippen molar-refractivity contribution in [3.8, 4) is 0 Å². The molecule has 0 aromatic carbocycles. The molecule has 0 unspecified atom stereocenters. The Bertz CT molecular complexity index is 339. The molecule has 0 radical (unpaired) electrons. The Hall–Kier alpha value is -1.09. The predicted molar refractivity (Wildman–Crippen MR) is 56.6 cm³/mol. The summed E-state index contributed by atoms with van der Waals surface area (Å²) in [7, 11) is 0. The van der Waals surface area contributed by atoms with Gasteiger partial charge in [-0.3, -0.25) is 4.79 Å². The summed E-state index contributed by atoms with van der Waals surface area (Å²) in [5, 5.41) is 3.12. The maximum atomic E-state index is 11.4.